The summed E-state index contributed by atoms with van der Waals surface area (Å²) >= 11 is 1.83. The van der Waals surface area contributed by atoms with Crippen molar-refractivity contribution < 1.29 is 0 Å². The quantitative estimate of drug-likeness (QED) is 0.833. The van der Waals surface area contributed by atoms with Crippen LogP contribution in [0.2, 0.25) is 0 Å². The van der Waals surface area contributed by atoms with Gasteiger partial charge in [0.1, 0.15) is 0 Å². The van der Waals surface area contributed by atoms with Crippen LogP contribution in [0.1, 0.15) is 37.6 Å². The highest BCUT2D eigenvalue weighted by Gasteiger charge is 2.35. The molecule has 1 aliphatic rings. The van der Waals surface area contributed by atoms with Gasteiger partial charge >= 0.3 is 0 Å². The molecule has 2 rings (SSSR count). The van der Waals surface area contributed by atoms with Gasteiger partial charge in [0.2, 0.25) is 0 Å². The van der Waals surface area contributed by atoms with Crippen molar-refractivity contribution in [3.05, 3.63) is 22.4 Å². The Morgan fingerprint density at radius 3 is 2.73 bits per heavy atom. The van der Waals surface area contributed by atoms with Crippen molar-refractivity contribution >= 4 is 11.3 Å². The molecule has 0 radical (unpaired) electrons. The molecule has 1 heterocycles. The fourth-order valence-corrected chi connectivity index (χ4v) is 3.23. The molecule has 2 N–H and O–H groups in total. The number of hydrogen-bond acceptors (Lipinski definition) is 3. The van der Waals surface area contributed by atoms with E-state index < -0.39 is 0 Å². The molecule has 0 aromatic carbocycles. The van der Waals surface area contributed by atoms with E-state index in [0.29, 0.717) is 6.04 Å². The van der Waals surface area contributed by atoms with E-state index in [1.165, 1.54) is 17.7 Å². The van der Waals surface area contributed by atoms with Crippen LogP contribution in [0.4, 0.5) is 0 Å². The highest BCUT2D eigenvalue weighted by Crippen LogP contribution is 2.36. The Hall–Kier alpha value is -0.380. The van der Waals surface area contributed by atoms with E-state index in [2.05, 4.69) is 36.3 Å². The van der Waals surface area contributed by atoms with Gasteiger partial charge in [-0.25, -0.2) is 0 Å². The summed E-state index contributed by atoms with van der Waals surface area (Å²) in [4.78, 5) is 3.98. The molecule has 84 valence electrons. The summed E-state index contributed by atoms with van der Waals surface area (Å²) in [7, 11) is 0. The van der Waals surface area contributed by atoms with Gasteiger partial charge in [0.15, 0.2) is 0 Å². The topological polar surface area (TPSA) is 29.3 Å². The SMILES string of the molecule is CCN(C1CC1)C(c1cccs1)C(C)N. The molecule has 0 aliphatic heterocycles. The number of likely N-dealkylation sites (N-methyl/N-ethyl adjacent to an activating group) is 1. The first kappa shape index (κ1) is 11.1. The highest BCUT2D eigenvalue weighted by atomic mass is 32.1. The van der Waals surface area contributed by atoms with Crippen LogP contribution in [0.15, 0.2) is 17.5 Å². The molecule has 3 heteroatoms. The molecule has 1 aromatic heterocycles. The van der Waals surface area contributed by atoms with Gasteiger partial charge in [-0.3, -0.25) is 4.90 Å². The van der Waals surface area contributed by atoms with Crippen LogP contribution in [0, 0.1) is 0 Å². The Morgan fingerprint density at radius 1 is 1.60 bits per heavy atom. The normalized spacial score (nSPS) is 20.5. The van der Waals surface area contributed by atoms with Crippen molar-refractivity contribution in [1.82, 2.24) is 4.90 Å². The Kier molecular flexibility index (Phi) is 3.44. The van der Waals surface area contributed by atoms with Gasteiger partial charge in [-0.15, -0.1) is 11.3 Å². The summed E-state index contributed by atoms with van der Waals surface area (Å²) in [5, 5.41) is 2.14. The monoisotopic (exact) mass is 224 g/mol. The fourth-order valence-electron chi connectivity index (χ4n) is 2.27. The number of thiophene rings is 1. The molecule has 1 fully saturated rings. The molecular weight excluding hydrogens is 204 g/mol. The molecule has 0 amide bonds. The number of nitrogens with two attached hydrogens (primary N) is 1. The summed E-state index contributed by atoms with van der Waals surface area (Å²) in [6, 6.07) is 5.75. The summed E-state index contributed by atoms with van der Waals surface area (Å²) in [5.41, 5.74) is 6.13. The summed E-state index contributed by atoms with van der Waals surface area (Å²) in [6.07, 6.45) is 2.70. The Labute approximate surface area is 96.1 Å². The van der Waals surface area contributed by atoms with Gasteiger partial charge in [-0.2, -0.15) is 0 Å². The molecule has 1 aliphatic carbocycles. The molecular formula is C12H20N2S. The minimum absolute atomic E-state index is 0.212. The fraction of sp³-hybridized carbons (Fsp3) is 0.667. The van der Waals surface area contributed by atoms with Crippen molar-refractivity contribution in [2.75, 3.05) is 6.54 Å². The van der Waals surface area contributed by atoms with E-state index in [-0.39, 0.29) is 6.04 Å². The van der Waals surface area contributed by atoms with Crippen LogP contribution in [0.3, 0.4) is 0 Å². The first-order valence-corrected chi connectivity index (χ1v) is 6.66. The van der Waals surface area contributed by atoms with E-state index in [0.717, 1.165) is 12.6 Å². The lowest BCUT2D eigenvalue weighted by molar-refractivity contribution is 0.179. The van der Waals surface area contributed by atoms with Crippen molar-refractivity contribution in [2.24, 2.45) is 5.73 Å². The van der Waals surface area contributed by atoms with Crippen LogP contribution in [0.25, 0.3) is 0 Å². The average Bonchev–Trinajstić information content (AvgIpc) is 2.90. The van der Waals surface area contributed by atoms with Gasteiger partial charge in [-0.05, 0) is 37.8 Å². The van der Waals surface area contributed by atoms with Crippen molar-refractivity contribution in [3.8, 4) is 0 Å². The van der Waals surface area contributed by atoms with Crippen LogP contribution >= 0.6 is 11.3 Å². The number of nitrogens with zero attached hydrogens (tertiary/aromatic N) is 1. The Morgan fingerprint density at radius 2 is 2.33 bits per heavy atom. The van der Waals surface area contributed by atoms with E-state index >= 15 is 0 Å². The minimum atomic E-state index is 0.212. The third-order valence-corrected chi connectivity index (χ3v) is 4.01. The highest BCUT2D eigenvalue weighted by molar-refractivity contribution is 7.10. The Balaban J connectivity index is 2.18. The van der Waals surface area contributed by atoms with Gasteiger partial charge in [0.05, 0.1) is 6.04 Å². The zero-order chi connectivity index (χ0) is 10.8. The summed E-state index contributed by atoms with van der Waals surface area (Å²) < 4.78 is 0. The second-order valence-electron chi connectivity index (χ2n) is 4.38. The largest absolute Gasteiger partial charge is 0.326 e. The van der Waals surface area contributed by atoms with Gasteiger partial charge < -0.3 is 5.73 Å². The first-order chi connectivity index (χ1) is 7.24. The maximum Gasteiger partial charge on any atom is 0.0593 e. The lowest BCUT2D eigenvalue weighted by Gasteiger charge is -2.32. The minimum Gasteiger partial charge on any atom is -0.326 e. The van der Waals surface area contributed by atoms with Crippen LogP contribution in [-0.2, 0) is 0 Å². The predicted octanol–water partition coefficient (Wildman–Crippen LogP) is 2.62. The van der Waals surface area contributed by atoms with Gasteiger partial charge in [-0.1, -0.05) is 13.0 Å². The smallest absolute Gasteiger partial charge is 0.0593 e. The predicted molar refractivity (Wildman–Crippen MR) is 66.1 cm³/mol. The first-order valence-electron chi connectivity index (χ1n) is 5.78. The molecule has 0 spiro atoms. The molecule has 0 saturated heterocycles. The molecule has 1 aromatic rings. The second kappa shape index (κ2) is 4.64. The second-order valence-corrected chi connectivity index (χ2v) is 5.36. The van der Waals surface area contributed by atoms with Crippen LogP contribution in [-0.4, -0.2) is 23.5 Å². The molecule has 2 nitrogen and oxygen atoms in total. The summed E-state index contributed by atoms with van der Waals surface area (Å²) in [5.74, 6) is 0. The van der Waals surface area contributed by atoms with E-state index in [9.17, 15) is 0 Å². The maximum absolute atomic E-state index is 6.13. The Bertz CT molecular complexity index is 291. The molecule has 1 saturated carbocycles. The lowest BCUT2D eigenvalue weighted by Crippen LogP contribution is -2.40. The summed E-state index contributed by atoms with van der Waals surface area (Å²) in [6.45, 7) is 5.46. The molecule has 0 bridgehead atoms. The van der Waals surface area contributed by atoms with Crippen LogP contribution in [0.5, 0.6) is 0 Å². The third kappa shape index (κ3) is 2.41. The van der Waals surface area contributed by atoms with Crippen molar-refractivity contribution in [2.45, 2.75) is 44.8 Å². The van der Waals surface area contributed by atoms with Gasteiger partial charge in [0.25, 0.3) is 0 Å². The van der Waals surface area contributed by atoms with Crippen LogP contribution < -0.4 is 5.73 Å². The van der Waals surface area contributed by atoms with E-state index in [1.54, 1.807) is 0 Å². The third-order valence-electron chi connectivity index (χ3n) is 3.07. The van der Waals surface area contributed by atoms with E-state index in [1.807, 2.05) is 11.3 Å². The van der Waals surface area contributed by atoms with E-state index in [4.69, 9.17) is 5.73 Å². The van der Waals surface area contributed by atoms with Gasteiger partial charge in [0, 0.05) is 17.0 Å². The lowest BCUT2D eigenvalue weighted by atomic mass is 10.1. The van der Waals surface area contributed by atoms with Crippen molar-refractivity contribution in [3.63, 3.8) is 0 Å². The zero-order valence-corrected chi connectivity index (χ0v) is 10.3. The average molecular weight is 224 g/mol. The number of rotatable bonds is 5. The zero-order valence-electron chi connectivity index (χ0n) is 9.52. The molecule has 2 atom stereocenters. The molecule has 2 unspecified atom stereocenters. The maximum atomic E-state index is 6.13. The number of hydrogen-bond donors (Lipinski definition) is 1. The van der Waals surface area contributed by atoms with Crippen molar-refractivity contribution in [1.29, 1.82) is 0 Å². The standard InChI is InChI=1S/C12H20N2S/c1-3-14(10-6-7-10)12(9(2)13)11-5-4-8-15-11/h4-5,8-10,12H,3,6-7,13H2,1-2H3. The molecule has 15 heavy (non-hydrogen) atoms.